The van der Waals surface area contributed by atoms with Gasteiger partial charge in [-0.1, -0.05) is 19.9 Å². The molecule has 12 nitrogen and oxygen atoms in total. The van der Waals surface area contributed by atoms with Crippen LogP contribution in [0.4, 0.5) is 11.4 Å². The molecule has 1 aromatic heterocycles. The number of anilines is 2. The van der Waals surface area contributed by atoms with Gasteiger partial charge in [-0.2, -0.15) is 0 Å². The first-order chi connectivity index (χ1) is 22.9. The zero-order valence-electron chi connectivity index (χ0n) is 28.7. The molecule has 0 amide bonds. The molecule has 0 unspecified atom stereocenters. The lowest BCUT2D eigenvalue weighted by atomic mass is 10.1. The van der Waals surface area contributed by atoms with Crippen LogP contribution in [-0.4, -0.2) is 97.1 Å². The summed E-state index contributed by atoms with van der Waals surface area (Å²) in [5.41, 5.74) is 10.2. The quantitative estimate of drug-likeness (QED) is 0.164. The molecule has 2 heterocycles. The normalized spacial score (nSPS) is 17.7. The maximum absolute atomic E-state index is 12.9. The Bertz CT molecular complexity index is 1340. The minimum Gasteiger partial charge on any atom is -0.421 e. The van der Waals surface area contributed by atoms with Crippen molar-refractivity contribution < 1.29 is 28.1 Å². The van der Waals surface area contributed by atoms with Gasteiger partial charge in [0.05, 0.1) is 71.8 Å². The Kier molecular flexibility index (Phi) is 17.4. The molecule has 1 aromatic carbocycles. The Labute approximate surface area is 279 Å². The van der Waals surface area contributed by atoms with Gasteiger partial charge in [0.1, 0.15) is 11.3 Å². The maximum atomic E-state index is 12.9. The van der Waals surface area contributed by atoms with Gasteiger partial charge in [0.25, 0.3) is 0 Å². The zero-order valence-corrected chi connectivity index (χ0v) is 28.7. The highest BCUT2D eigenvalue weighted by Crippen LogP contribution is 2.24. The van der Waals surface area contributed by atoms with E-state index in [2.05, 4.69) is 36.6 Å². The maximum Gasteiger partial charge on any atom is 0.361 e. The molecule has 1 fully saturated rings. The average molecular weight is 658 g/mol. The van der Waals surface area contributed by atoms with Gasteiger partial charge in [0.15, 0.2) is 0 Å². The molecule has 0 bridgehead atoms. The minimum atomic E-state index is -0.537. The Morgan fingerprint density at radius 1 is 0.787 bits per heavy atom. The van der Waals surface area contributed by atoms with Gasteiger partial charge in [-0.25, -0.2) is 10.6 Å². The summed E-state index contributed by atoms with van der Waals surface area (Å²) in [6, 6.07) is 7.52. The van der Waals surface area contributed by atoms with E-state index in [9.17, 15) is 4.79 Å². The molecule has 1 aliphatic heterocycles. The minimum absolute atomic E-state index is 0.199. The fourth-order valence-corrected chi connectivity index (χ4v) is 5.16. The first-order valence-electron chi connectivity index (χ1n) is 16.8. The SMILES string of the molecule is CCC(=C\C=C(/CC)N1CCOCCOCCOCCOCCOCC1)/C(N)=C/N(N)c1cc2cc(N(CC)CC)ccc2oc1=O. The molecule has 262 valence electrons. The number of hydrazine groups is 1. The Balaban J connectivity index is 1.76. The number of benzene rings is 1. The Morgan fingerprint density at radius 3 is 1.85 bits per heavy atom. The molecule has 0 atom stereocenters. The Morgan fingerprint density at radius 2 is 1.34 bits per heavy atom. The van der Waals surface area contributed by atoms with Crippen LogP contribution in [0.25, 0.3) is 11.0 Å². The average Bonchev–Trinajstić information content (AvgIpc) is 3.07. The van der Waals surface area contributed by atoms with Crippen LogP contribution in [0, 0.1) is 0 Å². The lowest BCUT2D eigenvalue weighted by molar-refractivity contribution is -0.0170. The van der Waals surface area contributed by atoms with Crippen molar-refractivity contribution in [2.75, 3.05) is 102 Å². The van der Waals surface area contributed by atoms with Gasteiger partial charge in [-0.15, -0.1) is 0 Å². The number of fused-ring (bicyclic) bond motifs is 1. The van der Waals surface area contributed by atoms with Crippen molar-refractivity contribution in [2.45, 2.75) is 40.5 Å². The number of allylic oxidation sites excluding steroid dienone is 4. The topological polar surface area (TPSA) is 138 Å². The second-order valence-corrected chi connectivity index (χ2v) is 10.9. The first-order valence-corrected chi connectivity index (χ1v) is 16.8. The summed E-state index contributed by atoms with van der Waals surface area (Å²) < 4.78 is 33.9. The molecule has 4 N–H and O–H groups in total. The molecular weight excluding hydrogens is 602 g/mol. The van der Waals surface area contributed by atoms with Crippen molar-refractivity contribution in [3.63, 3.8) is 0 Å². The lowest BCUT2D eigenvalue weighted by Gasteiger charge is -2.27. The molecular formula is C35H55N5O7. The third kappa shape index (κ3) is 12.6. The Hall–Kier alpha value is -3.39. The molecule has 2 aromatic rings. The molecule has 0 spiro atoms. The smallest absolute Gasteiger partial charge is 0.361 e. The summed E-state index contributed by atoms with van der Waals surface area (Å²) in [6.07, 6.45) is 7.13. The fraction of sp³-hybridized carbons (Fsp3) is 0.571. The number of hydrogen-bond donors (Lipinski definition) is 2. The van der Waals surface area contributed by atoms with E-state index < -0.39 is 5.63 Å². The van der Waals surface area contributed by atoms with Gasteiger partial charge in [-0.3, -0.25) is 5.01 Å². The third-order valence-electron chi connectivity index (χ3n) is 7.88. The van der Waals surface area contributed by atoms with Crippen LogP contribution < -0.4 is 27.1 Å². The van der Waals surface area contributed by atoms with Crippen molar-refractivity contribution in [1.29, 1.82) is 0 Å². The van der Waals surface area contributed by atoms with Crippen molar-refractivity contribution in [2.24, 2.45) is 11.6 Å². The van der Waals surface area contributed by atoms with E-state index in [1.54, 1.807) is 12.3 Å². The number of nitrogens with zero attached hydrogens (tertiary/aromatic N) is 3. The van der Waals surface area contributed by atoms with Crippen LogP contribution in [0.3, 0.4) is 0 Å². The summed E-state index contributed by atoms with van der Waals surface area (Å²) in [5, 5.41) is 2.02. The highest BCUT2D eigenvalue weighted by atomic mass is 16.6. The molecule has 0 saturated carbocycles. The van der Waals surface area contributed by atoms with Crippen molar-refractivity contribution in [3.8, 4) is 0 Å². The highest BCUT2D eigenvalue weighted by molar-refractivity contribution is 5.83. The largest absolute Gasteiger partial charge is 0.421 e. The monoisotopic (exact) mass is 657 g/mol. The summed E-state index contributed by atoms with van der Waals surface area (Å²) in [7, 11) is 0. The van der Waals surface area contributed by atoms with Crippen LogP contribution >= 0.6 is 0 Å². The fourth-order valence-electron chi connectivity index (χ4n) is 5.16. The van der Waals surface area contributed by atoms with Crippen molar-refractivity contribution in [3.05, 3.63) is 70.0 Å². The van der Waals surface area contributed by atoms with E-state index in [0.29, 0.717) is 96.9 Å². The van der Waals surface area contributed by atoms with E-state index >= 15 is 0 Å². The molecule has 1 aliphatic rings. The highest BCUT2D eigenvalue weighted by Gasteiger charge is 2.13. The predicted octanol–water partition coefficient (Wildman–Crippen LogP) is 4.15. The molecule has 12 heteroatoms. The van der Waals surface area contributed by atoms with Crippen LogP contribution in [-0.2, 0) is 23.7 Å². The van der Waals surface area contributed by atoms with Crippen molar-refractivity contribution in [1.82, 2.24) is 4.90 Å². The van der Waals surface area contributed by atoms with Gasteiger partial charge in [-0.05, 0) is 62.6 Å². The molecule has 0 aliphatic carbocycles. The zero-order chi connectivity index (χ0) is 33.9. The van der Waals surface area contributed by atoms with Crippen molar-refractivity contribution >= 4 is 22.3 Å². The second kappa shape index (κ2) is 21.5. The van der Waals surface area contributed by atoms with E-state index in [1.165, 1.54) is 5.01 Å². The number of ether oxygens (including phenoxy) is 5. The summed E-state index contributed by atoms with van der Waals surface area (Å²) >= 11 is 0. The van der Waals surface area contributed by atoms with E-state index in [1.807, 2.05) is 31.2 Å². The van der Waals surface area contributed by atoms with Gasteiger partial charge in [0.2, 0.25) is 0 Å². The number of nitrogens with two attached hydrogens (primary N) is 2. The van der Waals surface area contributed by atoms with Crippen LogP contribution in [0.5, 0.6) is 0 Å². The molecule has 1 saturated heterocycles. The number of rotatable bonds is 10. The van der Waals surface area contributed by atoms with Crippen LogP contribution in [0.15, 0.2) is 68.8 Å². The summed E-state index contributed by atoms with van der Waals surface area (Å²) in [4.78, 5) is 17.3. The van der Waals surface area contributed by atoms with Crippen LogP contribution in [0.2, 0.25) is 0 Å². The standard InChI is InChI=1S/C35H55N5O7/c1-5-28(32(36)27-40(37)33-26-29-25-31(38(7-3)8-4)11-12-34(29)47-35(33)41)9-10-30(6-2)39-13-15-42-17-19-44-21-23-46-24-22-45-20-18-43-16-14-39/h9-12,25-27H,5-8,13-24,36-37H2,1-4H3/b28-9+,30-10+,32-27-. The molecule has 47 heavy (non-hydrogen) atoms. The third-order valence-corrected chi connectivity index (χ3v) is 7.88. The number of hydrogen-bond acceptors (Lipinski definition) is 12. The van der Waals surface area contributed by atoms with Gasteiger partial charge >= 0.3 is 5.63 Å². The predicted molar refractivity (Wildman–Crippen MR) is 187 cm³/mol. The first kappa shape index (κ1) is 38.1. The molecule has 3 rings (SSSR count). The van der Waals surface area contributed by atoms with E-state index in [4.69, 9.17) is 39.7 Å². The summed E-state index contributed by atoms with van der Waals surface area (Å²) in [6.45, 7) is 16.8. The van der Waals surface area contributed by atoms with E-state index in [0.717, 1.165) is 41.9 Å². The van der Waals surface area contributed by atoms with Crippen LogP contribution in [0.1, 0.15) is 40.5 Å². The van der Waals surface area contributed by atoms with Gasteiger partial charge in [0, 0.05) is 49.1 Å². The lowest BCUT2D eigenvalue weighted by Crippen LogP contribution is -2.31. The second-order valence-electron chi connectivity index (χ2n) is 10.9. The summed E-state index contributed by atoms with van der Waals surface area (Å²) in [5.74, 6) is 6.37. The molecule has 0 radical (unpaired) electrons. The van der Waals surface area contributed by atoms with E-state index in [-0.39, 0.29) is 5.69 Å². The van der Waals surface area contributed by atoms with Gasteiger partial charge < -0.3 is 43.6 Å².